The lowest BCUT2D eigenvalue weighted by atomic mass is 10.1. The molecule has 1 aliphatic rings. The van der Waals surface area contributed by atoms with Crippen LogP contribution in [0.4, 0.5) is 5.69 Å². The number of carbonyl (C=O) groups excluding carboxylic acids is 2. The van der Waals surface area contributed by atoms with E-state index in [1.54, 1.807) is 18.2 Å². The summed E-state index contributed by atoms with van der Waals surface area (Å²) < 4.78 is 5.84. The summed E-state index contributed by atoms with van der Waals surface area (Å²) in [6, 6.07) is 23.9. The Kier molecular flexibility index (Phi) is 6.29. The van der Waals surface area contributed by atoms with Crippen LogP contribution in [0.25, 0.3) is 0 Å². The van der Waals surface area contributed by atoms with Gasteiger partial charge in [-0.1, -0.05) is 42.5 Å². The van der Waals surface area contributed by atoms with Crippen molar-refractivity contribution in [2.24, 2.45) is 5.73 Å². The molecule has 6 heteroatoms. The molecule has 3 aromatic rings. The van der Waals surface area contributed by atoms with Gasteiger partial charge in [0, 0.05) is 17.8 Å². The number of primary amides is 1. The number of amides is 2. The average molecular weight is 415 g/mol. The molecule has 3 aromatic carbocycles. The maximum Gasteiger partial charge on any atom is 0.255 e. The predicted molar refractivity (Wildman–Crippen MR) is 120 cm³/mol. The topological polar surface area (TPSA) is 84.7 Å². The number of hydrogen-bond donors (Lipinski definition) is 2. The summed E-state index contributed by atoms with van der Waals surface area (Å²) in [7, 11) is 0. The van der Waals surface area contributed by atoms with Crippen molar-refractivity contribution in [1.29, 1.82) is 0 Å². The standard InChI is InChI=1S/C25H25N3O3/c26-24(29)23-14-7-15-28(23)17-19-8-4-5-13-22(19)27-25(30)18-9-6-12-21(16-18)31-20-10-2-1-3-11-20/h1-6,8-13,16,23H,7,14-15,17H2,(H2,26,29)(H,27,30). The molecule has 2 amide bonds. The van der Waals surface area contributed by atoms with Crippen LogP contribution in [-0.2, 0) is 11.3 Å². The maximum atomic E-state index is 12.9. The van der Waals surface area contributed by atoms with Gasteiger partial charge in [0.1, 0.15) is 11.5 Å². The Labute approximate surface area is 181 Å². The molecule has 6 nitrogen and oxygen atoms in total. The highest BCUT2D eigenvalue weighted by Gasteiger charge is 2.29. The number of rotatable bonds is 7. The average Bonchev–Trinajstić information content (AvgIpc) is 3.24. The number of nitrogens with one attached hydrogen (secondary N) is 1. The summed E-state index contributed by atoms with van der Waals surface area (Å²) in [4.78, 5) is 26.7. The molecule has 1 heterocycles. The van der Waals surface area contributed by atoms with Gasteiger partial charge in [-0.15, -0.1) is 0 Å². The van der Waals surface area contributed by atoms with E-state index in [0.29, 0.717) is 23.6 Å². The van der Waals surface area contributed by atoms with Gasteiger partial charge in [-0.05, 0) is 61.3 Å². The van der Waals surface area contributed by atoms with Gasteiger partial charge in [0.15, 0.2) is 0 Å². The summed E-state index contributed by atoms with van der Waals surface area (Å²) in [5, 5.41) is 3.00. The summed E-state index contributed by atoms with van der Waals surface area (Å²) in [5.74, 6) is 0.779. The van der Waals surface area contributed by atoms with E-state index in [1.807, 2.05) is 60.7 Å². The SMILES string of the molecule is NC(=O)C1CCCN1Cc1ccccc1NC(=O)c1cccc(Oc2ccccc2)c1. The first-order valence-electron chi connectivity index (χ1n) is 10.4. The Balaban J connectivity index is 1.48. The summed E-state index contributed by atoms with van der Waals surface area (Å²) >= 11 is 0. The van der Waals surface area contributed by atoms with Gasteiger partial charge in [-0.2, -0.15) is 0 Å². The van der Waals surface area contributed by atoms with Crippen LogP contribution in [0.5, 0.6) is 11.5 Å². The fourth-order valence-corrected chi connectivity index (χ4v) is 3.86. The third-order valence-corrected chi connectivity index (χ3v) is 5.41. The van der Waals surface area contributed by atoms with E-state index < -0.39 is 0 Å². The van der Waals surface area contributed by atoms with E-state index in [2.05, 4.69) is 10.2 Å². The van der Waals surface area contributed by atoms with Crippen molar-refractivity contribution in [2.75, 3.05) is 11.9 Å². The van der Waals surface area contributed by atoms with Crippen molar-refractivity contribution < 1.29 is 14.3 Å². The zero-order valence-electron chi connectivity index (χ0n) is 17.2. The summed E-state index contributed by atoms with van der Waals surface area (Å²) in [6.07, 6.45) is 1.72. The number of para-hydroxylation sites is 2. The Morgan fingerprint density at radius 2 is 1.71 bits per heavy atom. The molecule has 1 unspecified atom stereocenters. The van der Waals surface area contributed by atoms with Crippen LogP contribution in [-0.4, -0.2) is 29.3 Å². The number of hydrogen-bond acceptors (Lipinski definition) is 4. The van der Waals surface area contributed by atoms with Crippen LogP contribution in [0.3, 0.4) is 0 Å². The van der Waals surface area contributed by atoms with Crippen molar-refractivity contribution in [1.82, 2.24) is 4.90 Å². The second-order valence-electron chi connectivity index (χ2n) is 7.59. The molecule has 1 aliphatic heterocycles. The lowest BCUT2D eigenvalue weighted by Gasteiger charge is -2.23. The number of nitrogens with zero attached hydrogens (tertiary/aromatic N) is 1. The lowest BCUT2D eigenvalue weighted by Crippen LogP contribution is -2.39. The first kappa shape index (κ1) is 20.6. The highest BCUT2D eigenvalue weighted by molar-refractivity contribution is 6.04. The van der Waals surface area contributed by atoms with Crippen molar-refractivity contribution in [3.05, 3.63) is 90.0 Å². The minimum atomic E-state index is -0.297. The first-order valence-corrected chi connectivity index (χ1v) is 10.4. The van der Waals surface area contributed by atoms with Gasteiger partial charge in [-0.25, -0.2) is 0 Å². The molecule has 3 N–H and O–H groups in total. The highest BCUT2D eigenvalue weighted by Crippen LogP contribution is 2.25. The highest BCUT2D eigenvalue weighted by atomic mass is 16.5. The van der Waals surface area contributed by atoms with E-state index >= 15 is 0 Å². The zero-order chi connectivity index (χ0) is 21.6. The van der Waals surface area contributed by atoms with Crippen molar-refractivity contribution in [2.45, 2.75) is 25.4 Å². The molecule has 31 heavy (non-hydrogen) atoms. The number of anilines is 1. The van der Waals surface area contributed by atoms with Crippen molar-refractivity contribution in [3.63, 3.8) is 0 Å². The smallest absolute Gasteiger partial charge is 0.255 e. The minimum absolute atomic E-state index is 0.223. The van der Waals surface area contributed by atoms with Crippen molar-refractivity contribution >= 4 is 17.5 Å². The maximum absolute atomic E-state index is 12.9. The van der Waals surface area contributed by atoms with E-state index in [4.69, 9.17) is 10.5 Å². The van der Waals surface area contributed by atoms with Crippen molar-refractivity contribution in [3.8, 4) is 11.5 Å². The van der Waals surface area contributed by atoms with E-state index in [-0.39, 0.29) is 17.9 Å². The molecule has 0 spiro atoms. The van der Waals surface area contributed by atoms with Gasteiger partial charge in [0.2, 0.25) is 5.91 Å². The molecule has 1 saturated heterocycles. The zero-order valence-corrected chi connectivity index (χ0v) is 17.2. The van der Waals surface area contributed by atoms with E-state index in [1.165, 1.54) is 0 Å². The Morgan fingerprint density at radius 3 is 2.52 bits per heavy atom. The summed E-state index contributed by atoms with van der Waals surface area (Å²) in [6.45, 7) is 1.37. The molecule has 0 saturated carbocycles. The van der Waals surface area contributed by atoms with Crippen LogP contribution >= 0.6 is 0 Å². The third-order valence-electron chi connectivity index (χ3n) is 5.41. The Morgan fingerprint density at radius 1 is 0.968 bits per heavy atom. The van der Waals surface area contributed by atoms with Gasteiger partial charge in [0.25, 0.3) is 5.91 Å². The van der Waals surface area contributed by atoms with Crippen LogP contribution in [0.2, 0.25) is 0 Å². The number of ether oxygens (including phenoxy) is 1. The van der Waals surface area contributed by atoms with Gasteiger partial charge < -0.3 is 15.8 Å². The second kappa shape index (κ2) is 9.45. The van der Waals surface area contributed by atoms with Gasteiger partial charge in [0.05, 0.1) is 6.04 Å². The Hall–Kier alpha value is -3.64. The predicted octanol–water partition coefficient (Wildman–Crippen LogP) is 4.18. The van der Waals surface area contributed by atoms with E-state index in [0.717, 1.165) is 30.6 Å². The fraction of sp³-hybridized carbons (Fsp3) is 0.200. The molecule has 0 aliphatic carbocycles. The Bertz CT molecular complexity index is 1070. The summed E-state index contributed by atoms with van der Waals surface area (Å²) in [5.41, 5.74) is 7.71. The molecule has 0 radical (unpaired) electrons. The van der Waals surface area contributed by atoms with E-state index in [9.17, 15) is 9.59 Å². The minimum Gasteiger partial charge on any atom is -0.457 e. The quantitative estimate of drug-likeness (QED) is 0.606. The number of carbonyl (C=O) groups is 2. The normalized spacial score (nSPS) is 16.1. The molecular weight excluding hydrogens is 390 g/mol. The monoisotopic (exact) mass is 415 g/mol. The third kappa shape index (κ3) is 5.10. The number of likely N-dealkylation sites (tertiary alicyclic amines) is 1. The van der Waals surface area contributed by atoms with Crippen LogP contribution in [0.15, 0.2) is 78.9 Å². The number of nitrogens with two attached hydrogens (primary N) is 1. The molecule has 1 atom stereocenters. The molecule has 4 rings (SSSR count). The van der Waals surface area contributed by atoms with Crippen LogP contribution in [0, 0.1) is 0 Å². The first-order chi connectivity index (χ1) is 15.1. The number of benzene rings is 3. The van der Waals surface area contributed by atoms with Crippen LogP contribution < -0.4 is 15.8 Å². The molecule has 158 valence electrons. The molecule has 0 bridgehead atoms. The second-order valence-corrected chi connectivity index (χ2v) is 7.59. The van der Waals surface area contributed by atoms with Gasteiger partial charge in [-0.3, -0.25) is 14.5 Å². The largest absolute Gasteiger partial charge is 0.457 e. The van der Waals surface area contributed by atoms with Gasteiger partial charge >= 0.3 is 0 Å². The lowest BCUT2D eigenvalue weighted by molar-refractivity contribution is -0.122. The molecule has 1 fully saturated rings. The fourth-order valence-electron chi connectivity index (χ4n) is 3.86. The van der Waals surface area contributed by atoms with Crippen LogP contribution in [0.1, 0.15) is 28.8 Å². The molecule has 0 aromatic heterocycles. The molecular formula is C25H25N3O3.